The molecule has 0 heterocycles. The summed E-state index contributed by atoms with van der Waals surface area (Å²) in [5.74, 6) is -1.53. The molecule has 0 aliphatic carbocycles. The van der Waals surface area contributed by atoms with Crippen molar-refractivity contribution in [2.24, 2.45) is 5.73 Å². The molecule has 0 radical (unpaired) electrons. The predicted molar refractivity (Wildman–Crippen MR) is 169 cm³/mol. The fourth-order valence-corrected chi connectivity index (χ4v) is 4.82. The number of hydrogen-bond donors (Lipinski definition) is 3. The maximum absolute atomic E-state index is 14.4. The summed E-state index contributed by atoms with van der Waals surface area (Å²) in [7, 11) is 0. The molecular formula is C34H44N4O5. The van der Waals surface area contributed by atoms with Crippen LogP contribution in [0.3, 0.4) is 0 Å². The molecule has 0 aromatic heterocycles. The molecule has 0 saturated carbocycles. The third-order valence-electron chi connectivity index (χ3n) is 7.24. The van der Waals surface area contributed by atoms with Crippen LogP contribution in [-0.4, -0.2) is 46.4 Å². The van der Waals surface area contributed by atoms with E-state index in [1.807, 2.05) is 87.5 Å². The molecule has 0 fully saturated rings. The molecule has 4 N–H and O–H groups in total. The zero-order chi connectivity index (χ0) is 31.7. The molecule has 3 atom stereocenters. The van der Waals surface area contributed by atoms with Gasteiger partial charge in [-0.15, -0.1) is 0 Å². The number of fused-ring (bicyclic) bond motifs is 1. The highest BCUT2D eigenvalue weighted by Crippen LogP contribution is 2.29. The van der Waals surface area contributed by atoms with Crippen molar-refractivity contribution >= 4 is 40.3 Å². The highest BCUT2D eigenvalue weighted by Gasteiger charge is 2.38. The second kappa shape index (κ2) is 14.7. The van der Waals surface area contributed by atoms with Gasteiger partial charge in [-0.25, -0.2) is 4.79 Å². The fraction of sp³-hybridized carbons (Fsp3) is 0.412. The van der Waals surface area contributed by atoms with Gasteiger partial charge in [0.05, 0.1) is 0 Å². The highest BCUT2D eigenvalue weighted by molar-refractivity contribution is 6.00. The van der Waals surface area contributed by atoms with Crippen molar-refractivity contribution in [2.75, 3.05) is 5.32 Å². The molecule has 0 aliphatic heterocycles. The topological polar surface area (TPSA) is 131 Å². The summed E-state index contributed by atoms with van der Waals surface area (Å²) in [4.78, 5) is 54.5. The van der Waals surface area contributed by atoms with Gasteiger partial charge >= 0.3 is 6.09 Å². The summed E-state index contributed by atoms with van der Waals surface area (Å²) >= 11 is 0. The van der Waals surface area contributed by atoms with Crippen LogP contribution in [0, 0.1) is 0 Å². The zero-order valence-electron chi connectivity index (χ0n) is 26.0. The third kappa shape index (κ3) is 9.30. The molecule has 3 aromatic rings. The lowest BCUT2D eigenvalue weighted by Gasteiger charge is -2.38. The summed E-state index contributed by atoms with van der Waals surface area (Å²) in [5.41, 5.74) is 6.91. The number of rotatable bonds is 12. The number of nitrogens with one attached hydrogen (secondary N) is 2. The monoisotopic (exact) mass is 588 g/mol. The molecule has 3 rings (SSSR count). The molecule has 3 aromatic carbocycles. The Morgan fingerprint density at radius 2 is 1.58 bits per heavy atom. The van der Waals surface area contributed by atoms with Crippen molar-refractivity contribution < 1.29 is 23.9 Å². The van der Waals surface area contributed by atoms with E-state index >= 15 is 0 Å². The number of hydrogen-bond acceptors (Lipinski definition) is 5. The molecule has 0 aliphatic rings. The maximum Gasteiger partial charge on any atom is 0.408 e. The average molecular weight is 589 g/mol. The van der Waals surface area contributed by atoms with Crippen molar-refractivity contribution in [1.29, 1.82) is 0 Å². The Morgan fingerprint density at radius 1 is 0.930 bits per heavy atom. The molecule has 43 heavy (non-hydrogen) atoms. The van der Waals surface area contributed by atoms with E-state index in [2.05, 4.69) is 10.6 Å². The minimum atomic E-state index is -1.15. The number of carbonyl (C=O) groups excluding carboxylic acids is 4. The van der Waals surface area contributed by atoms with E-state index in [-0.39, 0.29) is 12.8 Å². The second-order valence-corrected chi connectivity index (χ2v) is 11.8. The van der Waals surface area contributed by atoms with Crippen LogP contribution < -0.4 is 16.4 Å². The Bertz CT molecular complexity index is 1430. The lowest BCUT2D eigenvalue weighted by molar-refractivity contribution is -0.143. The van der Waals surface area contributed by atoms with Gasteiger partial charge in [0, 0.05) is 18.2 Å². The van der Waals surface area contributed by atoms with E-state index in [1.165, 1.54) is 4.90 Å². The molecule has 230 valence electrons. The standard InChI is InChI=1S/C34H44N4O5/c1-7-22(3)38(32(41)28(19-20-29(35)39)37-33(42)43-34(4,5)6)30(25-15-13-23(8-2)14-16-25)31(40)36-27-18-17-24-11-9-10-12-26(24)21-27/h9-18,21-22,28,30H,7-8,19-20H2,1-6H3,(H2,35,39)(H,36,40)(H,37,42). The summed E-state index contributed by atoms with van der Waals surface area (Å²) < 4.78 is 5.41. The van der Waals surface area contributed by atoms with Gasteiger partial charge in [-0.3, -0.25) is 14.4 Å². The van der Waals surface area contributed by atoms with Gasteiger partial charge in [0.1, 0.15) is 17.7 Å². The number of aryl methyl sites for hydroxylation is 1. The van der Waals surface area contributed by atoms with Crippen LogP contribution in [-0.2, 0) is 25.5 Å². The summed E-state index contributed by atoms with van der Waals surface area (Å²) in [6, 6.07) is 18.5. The van der Waals surface area contributed by atoms with Crippen molar-refractivity contribution in [1.82, 2.24) is 10.2 Å². The lowest BCUT2D eigenvalue weighted by Crippen LogP contribution is -2.55. The first-order valence-corrected chi connectivity index (χ1v) is 14.8. The first kappa shape index (κ1) is 33.1. The minimum absolute atomic E-state index is 0.0475. The Kier molecular flexibility index (Phi) is 11.3. The van der Waals surface area contributed by atoms with E-state index in [0.29, 0.717) is 17.7 Å². The van der Waals surface area contributed by atoms with Gasteiger partial charge in [0.2, 0.25) is 11.8 Å². The van der Waals surface area contributed by atoms with Crippen molar-refractivity contribution in [2.45, 2.75) is 91.0 Å². The first-order valence-electron chi connectivity index (χ1n) is 14.8. The molecular weight excluding hydrogens is 544 g/mol. The van der Waals surface area contributed by atoms with Gasteiger partial charge in [-0.05, 0) is 81.0 Å². The highest BCUT2D eigenvalue weighted by atomic mass is 16.6. The molecule has 0 spiro atoms. The third-order valence-corrected chi connectivity index (χ3v) is 7.24. The number of alkyl carbamates (subject to hydrolysis) is 1. The van der Waals surface area contributed by atoms with Crippen molar-refractivity contribution in [3.63, 3.8) is 0 Å². The average Bonchev–Trinajstić information content (AvgIpc) is 2.96. The van der Waals surface area contributed by atoms with Gasteiger partial charge in [-0.1, -0.05) is 68.4 Å². The van der Waals surface area contributed by atoms with Crippen LogP contribution in [0.15, 0.2) is 66.7 Å². The number of nitrogens with two attached hydrogens (primary N) is 1. The Balaban J connectivity index is 2.06. The van der Waals surface area contributed by atoms with E-state index < -0.39 is 47.5 Å². The summed E-state index contributed by atoms with van der Waals surface area (Å²) in [5, 5.41) is 7.65. The van der Waals surface area contributed by atoms with Crippen molar-refractivity contribution in [3.05, 3.63) is 77.9 Å². The molecule has 0 saturated heterocycles. The normalized spacial score (nSPS) is 13.4. The van der Waals surface area contributed by atoms with Crippen LogP contribution in [0.4, 0.5) is 10.5 Å². The van der Waals surface area contributed by atoms with Gasteiger partial charge in [0.25, 0.3) is 5.91 Å². The number of carbonyl (C=O) groups is 4. The van der Waals surface area contributed by atoms with Crippen LogP contribution >= 0.6 is 0 Å². The largest absolute Gasteiger partial charge is 0.444 e. The number of amides is 4. The van der Waals surface area contributed by atoms with Crippen LogP contribution in [0.1, 0.15) is 78.0 Å². The van der Waals surface area contributed by atoms with E-state index in [1.54, 1.807) is 20.8 Å². The Labute approximate surface area is 254 Å². The van der Waals surface area contributed by atoms with Gasteiger partial charge in [-0.2, -0.15) is 0 Å². The van der Waals surface area contributed by atoms with Gasteiger partial charge < -0.3 is 26.0 Å². The van der Waals surface area contributed by atoms with Crippen LogP contribution in [0.5, 0.6) is 0 Å². The lowest BCUT2D eigenvalue weighted by atomic mass is 9.97. The number of benzene rings is 3. The quantitative estimate of drug-likeness (QED) is 0.244. The second-order valence-electron chi connectivity index (χ2n) is 11.8. The van der Waals surface area contributed by atoms with Crippen LogP contribution in [0.2, 0.25) is 0 Å². The minimum Gasteiger partial charge on any atom is -0.444 e. The Hall–Kier alpha value is -4.40. The maximum atomic E-state index is 14.4. The predicted octanol–water partition coefficient (Wildman–Crippen LogP) is 5.87. The molecule has 3 unspecified atom stereocenters. The van der Waals surface area contributed by atoms with E-state index in [4.69, 9.17) is 10.5 Å². The first-order chi connectivity index (χ1) is 20.3. The van der Waals surface area contributed by atoms with Gasteiger partial charge in [0.15, 0.2) is 0 Å². The number of primary amides is 1. The summed E-state index contributed by atoms with van der Waals surface area (Å²) in [6.07, 6.45) is 0.363. The number of nitrogens with zero attached hydrogens (tertiary/aromatic N) is 1. The van der Waals surface area contributed by atoms with E-state index in [9.17, 15) is 19.2 Å². The zero-order valence-corrected chi connectivity index (χ0v) is 26.0. The molecule has 9 nitrogen and oxygen atoms in total. The summed E-state index contributed by atoms with van der Waals surface area (Å²) in [6.45, 7) is 11.0. The SMILES string of the molecule is CCc1ccc(C(C(=O)Nc2ccc3ccccc3c2)N(C(=O)C(CCC(N)=O)NC(=O)OC(C)(C)C)C(C)CC)cc1. The number of ether oxygens (including phenoxy) is 1. The van der Waals surface area contributed by atoms with Crippen LogP contribution in [0.25, 0.3) is 10.8 Å². The number of anilines is 1. The Morgan fingerprint density at radius 3 is 2.16 bits per heavy atom. The molecule has 0 bridgehead atoms. The smallest absolute Gasteiger partial charge is 0.408 e. The van der Waals surface area contributed by atoms with Crippen molar-refractivity contribution in [3.8, 4) is 0 Å². The molecule has 4 amide bonds. The fourth-order valence-electron chi connectivity index (χ4n) is 4.82. The van der Waals surface area contributed by atoms with E-state index in [0.717, 1.165) is 22.8 Å². The molecule has 9 heteroatoms.